The second kappa shape index (κ2) is 12.2. The van der Waals surface area contributed by atoms with Gasteiger partial charge < -0.3 is 21.5 Å². The number of benzodiazepines with no additional fused rings is 1. The number of fused-ring (bicyclic) bond motifs is 1. The Bertz CT molecular complexity index is 1760. The zero-order valence-electron chi connectivity index (χ0n) is 24.1. The van der Waals surface area contributed by atoms with Gasteiger partial charge in [-0.2, -0.15) is 0 Å². The molecule has 0 radical (unpaired) electrons. The summed E-state index contributed by atoms with van der Waals surface area (Å²) in [7, 11) is 0. The Labute approximate surface area is 254 Å². The molecule has 5 N–H and O–H groups in total. The van der Waals surface area contributed by atoms with E-state index < -0.39 is 41.4 Å². The molecule has 0 saturated heterocycles. The number of carbonyl (C=O) groups excluding carboxylic acids is 3. The number of benzene rings is 4. The second-order valence-electron chi connectivity index (χ2n) is 10.6. The summed E-state index contributed by atoms with van der Waals surface area (Å²) in [4.78, 5) is 59.3. The molecule has 5 rings (SSSR count). The number of carboxylic acid groups (broad SMARTS) is 1. The average Bonchev–Trinajstić information content (AvgIpc) is 3.13. The number of para-hydroxylation sites is 1. The van der Waals surface area contributed by atoms with Crippen LogP contribution in [-0.4, -0.2) is 40.8 Å². The normalized spacial score (nSPS) is 15.8. The van der Waals surface area contributed by atoms with Crippen molar-refractivity contribution in [1.82, 2.24) is 5.32 Å². The van der Waals surface area contributed by atoms with Crippen molar-refractivity contribution in [2.24, 2.45) is 16.6 Å². The smallest absolute Gasteiger partial charge is 0.335 e. The van der Waals surface area contributed by atoms with Gasteiger partial charge in [0.2, 0.25) is 12.1 Å². The number of aliphatic imine (C=N–C) groups is 1. The van der Waals surface area contributed by atoms with Crippen LogP contribution in [0, 0.1) is 5.92 Å². The largest absolute Gasteiger partial charge is 0.478 e. The van der Waals surface area contributed by atoms with Gasteiger partial charge in [-0.25, -0.2) is 14.6 Å². The molecule has 1 aliphatic rings. The fourth-order valence-corrected chi connectivity index (χ4v) is 5.62. The molecule has 2 unspecified atom stereocenters. The van der Waals surface area contributed by atoms with E-state index in [1.165, 1.54) is 29.2 Å². The van der Waals surface area contributed by atoms with Gasteiger partial charge in [0.15, 0.2) is 5.54 Å². The third kappa shape index (κ3) is 5.40. The second-order valence-corrected chi connectivity index (χ2v) is 10.6. The van der Waals surface area contributed by atoms with Crippen LogP contribution < -0.4 is 21.3 Å². The minimum Gasteiger partial charge on any atom is -0.478 e. The fourth-order valence-electron chi connectivity index (χ4n) is 5.62. The molecule has 0 fully saturated rings. The minimum absolute atomic E-state index is 0.0228. The topological polar surface area (TPSA) is 154 Å². The van der Waals surface area contributed by atoms with E-state index in [4.69, 9.17) is 10.7 Å². The number of hydrogen-bond acceptors (Lipinski definition) is 5. The predicted molar refractivity (Wildman–Crippen MR) is 168 cm³/mol. The minimum atomic E-state index is -1.66. The number of primary amides is 1. The molecule has 0 saturated carbocycles. The number of nitrogens with one attached hydrogen (secondary N) is 2. The molecule has 10 heteroatoms. The van der Waals surface area contributed by atoms with Crippen LogP contribution in [0.3, 0.4) is 0 Å². The molecule has 4 aromatic rings. The van der Waals surface area contributed by atoms with Gasteiger partial charge in [-0.05, 0) is 35.7 Å². The van der Waals surface area contributed by atoms with Crippen LogP contribution in [0.4, 0.5) is 16.2 Å². The number of urea groups is 1. The van der Waals surface area contributed by atoms with Crippen molar-refractivity contribution in [1.29, 1.82) is 0 Å². The lowest BCUT2D eigenvalue weighted by Crippen LogP contribution is -2.64. The summed E-state index contributed by atoms with van der Waals surface area (Å²) in [5.74, 6) is -3.10. The Hall–Kier alpha value is -5.77. The Morgan fingerprint density at radius 2 is 1.52 bits per heavy atom. The van der Waals surface area contributed by atoms with E-state index in [0.717, 1.165) is 0 Å². The number of carbonyl (C=O) groups is 4. The summed E-state index contributed by atoms with van der Waals surface area (Å²) in [6.45, 7) is 3.62. The van der Waals surface area contributed by atoms with Crippen LogP contribution in [0.1, 0.15) is 40.9 Å². The van der Waals surface area contributed by atoms with Crippen molar-refractivity contribution in [3.8, 4) is 0 Å². The van der Waals surface area contributed by atoms with Gasteiger partial charge in [-0.1, -0.05) is 98.8 Å². The number of amides is 4. The molecule has 2 atom stereocenters. The van der Waals surface area contributed by atoms with Crippen LogP contribution in [0.25, 0.3) is 0 Å². The monoisotopic (exact) mass is 589 g/mol. The summed E-state index contributed by atoms with van der Waals surface area (Å²) < 4.78 is 0. The molecule has 0 aromatic heterocycles. The molecule has 4 amide bonds. The summed E-state index contributed by atoms with van der Waals surface area (Å²) in [5, 5.41) is 14.6. The third-order valence-electron chi connectivity index (χ3n) is 7.57. The number of rotatable bonds is 8. The molecule has 222 valence electrons. The van der Waals surface area contributed by atoms with Gasteiger partial charge in [0, 0.05) is 16.8 Å². The zero-order valence-corrected chi connectivity index (χ0v) is 24.1. The van der Waals surface area contributed by atoms with Crippen LogP contribution in [0.2, 0.25) is 0 Å². The highest BCUT2D eigenvalue weighted by Gasteiger charge is 2.53. The van der Waals surface area contributed by atoms with Gasteiger partial charge >= 0.3 is 12.0 Å². The van der Waals surface area contributed by atoms with E-state index in [0.29, 0.717) is 28.1 Å². The predicted octanol–water partition coefficient (Wildman–Crippen LogP) is 4.75. The molecule has 1 aliphatic heterocycles. The quantitative estimate of drug-likeness (QED) is 0.234. The first-order chi connectivity index (χ1) is 21.1. The number of anilines is 2. The highest BCUT2D eigenvalue weighted by Crippen LogP contribution is 2.43. The zero-order chi connectivity index (χ0) is 31.4. The van der Waals surface area contributed by atoms with E-state index in [1.807, 2.05) is 44.2 Å². The van der Waals surface area contributed by atoms with Crippen molar-refractivity contribution in [3.63, 3.8) is 0 Å². The first kappa shape index (κ1) is 29.7. The van der Waals surface area contributed by atoms with Crippen molar-refractivity contribution < 1.29 is 24.3 Å². The maximum atomic E-state index is 14.7. The number of hydrogen-bond donors (Lipinski definition) is 4. The molecule has 44 heavy (non-hydrogen) atoms. The van der Waals surface area contributed by atoms with E-state index in [1.54, 1.807) is 54.6 Å². The van der Waals surface area contributed by atoms with Crippen molar-refractivity contribution in [2.45, 2.75) is 25.6 Å². The first-order valence-electron chi connectivity index (χ1n) is 14.0. The Balaban J connectivity index is 1.69. The van der Waals surface area contributed by atoms with E-state index in [2.05, 4.69) is 10.6 Å². The summed E-state index contributed by atoms with van der Waals surface area (Å²) >= 11 is 0. The van der Waals surface area contributed by atoms with Gasteiger partial charge in [0.25, 0.3) is 5.91 Å². The third-order valence-corrected chi connectivity index (χ3v) is 7.57. The summed E-state index contributed by atoms with van der Waals surface area (Å²) in [6.07, 6.45) is -1.50. The van der Waals surface area contributed by atoms with Crippen molar-refractivity contribution in [2.75, 3.05) is 10.2 Å². The Morgan fingerprint density at radius 3 is 2.16 bits per heavy atom. The van der Waals surface area contributed by atoms with Gasteiger partial charge in [-0.15, -0.1) is 0 Å². The Kier molecular flexibility index (Phi) is 8.25. The van der Waals surface area contributed by atoms with Gasteiger partial charge in [0.1, 0.15) is 0 Å². The number of carboxylic acids is 1. The number of nitrogens with zero attached hydrogens (tertiary/aromatic N) is 2. The maximum Gasteiger partial charge on any atom is 0.335 e. The molecule has 1 heterocycles. The highest BCUT2D eigenvalue weighted by molar-refractivity contribution is 6.21. The van der Waals surface area contributed by atoms with E-state index >= 15 is 0 Å². The van der Waals surface area contributed by atoms with E-state index in [-0.39, 0.29) is 11.3 Å². The van der Waals surface area contributed by atoms with Gasteiger partial charge in [-0.3, -0.25) is 14.5 Å². The summed E-state index contributed by atoms with van der Waals surface area (Å²) in [6, 6.07) is 30.0. The molecule has 4 aromatic carbocycles. The fraction of sp³-hybridized carbons (Fsp3) is 0.147. The lowest BCUT2D eigenvalue weighted by atomic mass is 9.76. The molecule has 0 bridgehead atoms. The van der Waals surface area contributed by atoms with Gasteiger partial charge in [0.05, 0.1) is 17.0 Å². The van der Waals surface area contributed by atoms with Crippen LogP contribution in [0.5, 0.6) is 0 Å². The SMILES string of the molecule is CC(C)C(C(N)=O)(c1ccccc1)N1C(=O)C(NC(=O)Nc2cccc(C(=O)O)c2)N=C(c2ccccc2)c2ccccc21. The lowest BCUT2D eigenvalue weighted by molar-refractivity contribution is -0.131. The molecular formula is C34H31N5O5. The van der Waals surface area contributed by atoms with Crippen LogP contribution in [-0.2, 0) is 15.1 Å². The molecule has 0 aliphatic carbocycles. The van der Waals surface area contributed by atoms with Crippen molar-refractivity contribution in [3.05, 3.63) is 131 Å². The Morgan fingerprint density at radius 1 is 0.886 bits per heavy atom. The number of nitrogens with two attached hydrogens (primary N) is 1. The average molecular weight is 590 g/mol. The molecule has 0 spiro atoms. The summed E-state index contributed by atoms with van der Waals surface area (Å²) in [5.41, 5.74) is 7.31. The van der Waals surface area contributed by atoms with E-state index in [9.17, 15) is 24.3 Å². The highest BCUT2D eigenvalue weighted by atomic mass is 16.4. The van der Waals surface area contributed by atoms with Crippen LogP contribution >= 0.6 is 0 Å². The first-order valence-corrected chi connectivity index (χ1v) is 14.0. The number of aromatic carboxylic acids is 1. The van der Waals surface area contributed by atoms with Crippen LogP contribution in [0.15, 0.2) is 114 Å². The maximum absolute atomic E-state index is 14.7. The van der Waals surface area contributed by atoms with Crippen molar-refractivity contribution >= 4 is 40.9 Å². The lowest BCUT2D eigenvalue weighted by Gasteiger charge is -2.45. The standard InChI is InChI=1S/C34H31N5O5/c1-21(2)34(32(35)43,24-15-7-4-8-16-24)39-27-19-10-9-18-26(27)28(22-12-5-3-6-13-22)37-29(30(39)40)38-33(44)36-25-17-11-14-23(20-25)31(41)42/h3-21,29H,1-2H3,(H2,35,43)(H,41,42)(H2,36,38,44). The molecule has 10 nitrogen and oxygen atoms in total. The molecular weight excluding hydrogens is 558 g/mol.